The highest BCUT2D eigenvalue weighted by Crippen LogP contribution is 2.33. The van der Waals surface area contributed by atoms with Crippen LogP contribution < -0.4 is 10.6 Å². The van der Waals surface area contributed by atoms with Crippen LogP contribution in [0.3, 0.4) is 0 Å². The van der Waals surface area contributed by atoms with E-state index in [1.54, 1.807) is 35.6 Å². The van der Waals surface area contributed by atoms with Crippen LogP contribution in [0.1, 0.15) is 37.7 Å². The molecule has 0 bridgehead atoms. The SMILES string of the molecule is O=C(CN1C(=O)NC2(CCCCC2)C1=O)NCc1cccnc1-n1ccnc1. The fourth-order valence-corrected chi connectivity index (χ4v) is 3.89. The van der Waals surface area contributed by atoms with Crippen molar-refractivity contribution in [2.75, 3.05) is 6.54 Å². The standard InChI is InChI=1S/C19H22N6O3/c26-15(12-25-17(27)19(23-18(25)28)6-2-1-3-7-19)22-11-14-5-4-8-21-16(14)24-10-9-20-13-24/h4-5,8-10,13H,1-3,6-7,11-12H2,(H,22,26)(H,23,28). The monoisotopic (exact) mass is 382 g/mol. The lowest BCUT2D eigenvalue weighted by Gasteiger charge is -2.30. The van der Waals surface area contributed by atoms with E-state index in [2.05, 4.69) is 20.6 Å². The van der Waals surface area contributed by atoms with Crippen molar-refractivity contribution in [1.82, 2.24) is 30.1 Å². The molecule has 0 radical (unpaired) electrons. The Morgan fingerprint density at radius 3 is 2.79 bits per heavy atom. The molecule has 1 spiro atoms. The first kappa shape index (κ1) is 18.1. The van der Waals surface area contributed by atoms with Crippen molar-refractivity contribution in [2.45, 2.75) is 44.2 Å². The third-order valence-electron chi connectivity index (χ3n) is 5.35. The van der Waals surface area contributed by atoms with E-state index in [1.165, 1.54) is 0 Å². The maximum Gasteiger partial charge on any atom is 0.325 e. The lowest BCUT2D eigenvalue weighted by molar-refractivity contribution is -0.135. The largest absolute Gasteiger partial charge is 0.350 e. The number of carbonyl (C=O) groups excluding carboxylic acids is 3. The van der Waals surface area contributed by atoms with Gasteiger partial charge in [-0.25, -0.2) is 14.8 Å². The van der Waals surface area contributed by atoms with Crippen LogP contribution in [0.2, 0.25) is 0 Å². The minimum Gasteiger partial charge on any atom is -0.350 e. The van der Waals surface area contributed by atoms with Gasteiger partial charge in [-0.15, -0.1) is 0 Å². The van der Waals surface area contributed by atoms with Gasteiger partial charge in [0.1, 0.15) is 24.2 Å². The van der Waals surface area contributed by atoms with Crippen LogP contribution in [0.15, 0.2) is 37.1 Å². The number of urea groups is 1. The number of imide groups is 1. The highest BCUT2D eigenvalue weighted by atomic mass is 16.2. The van der Waals surface area contributed by atoms with Crippen molar-refractivity contribution in [2.24, 2.45) is 0 Å². The van der Waals surface area contributed by atoms with Crippen LogP contribution in [-0.4, -0.2) is 49.4 Å². The first-order valence-corrected chi connectivity index (χ1v) is 9.42. The molecule has 2 aromatic heterocycles. The number of aromatic nitrogens is 3. The number of pyridine rings is 1. The summed E-state index contributed by atoms with van der Waals surface area (Å²) in [7, 11) is 0. The number of rotatable bonds is 5. The number of nitrogens with zero attached hydrogens (tertiary/aromatic N) is 4. The van der Waals surface area contributed by atoms with Crippen molar-refractivity contribution in [1.29, 1.82) is 0 Å². The topological polar surface area (TPSA) is 109 Å². The third kappa shape index (κ3) is 3.35. The number of carbonyl (C=O) groups is 3. The molecule has 0 unspecified atom stereocenters. The van der Waals surface area contributed by atoms with Gasteiger partial charge in [-0.1, -0.05) is 25.3 Å². The quantitative estimate of drug-likeness (QED) is 0.754. The van der Waals surface area contributed by atoms with E-state index in [4.69, 9.17) is 0 Å². The Labute approximate surface area is 162 Å². The number of imidazole rings is 1. The summed E-state index contributed by atoms with van der Waals surface area (Å²) in [5.41, 5.74) is -0.0112. The minimum absolute atomic E-state index is 0.231. The number of hydrogen-bond donors (Lipinski definition) is 2. The van der Waals surface area contributed by atoms with Gasteiger partial charge in [0.2, 0.25) is 5.91 Å². The first-order chi connectivity index (χ1) is 13.6. The molecule has 9 nitrogen and oxygen atoms in total. The normalized spacial score (nSPS) is 18.4. The average Bonchev–Trinajstić information content (AvgIpc) is 3.31. The van der Waals surface area contributed by atoms with E-state index in [1.807, 2.05) is 6.07 Å². The Bertz CT molecular complexity index is 889. The van der Waals surface area contributed by atoms with Crippen LogP contribution in [0, 0.1) is 0 Å². The first-order valence-electron chi connectivity index (χ1n) is 9.42. The molecular formula is C19H22N6O3. The third-order valence-corrected chi connectivity index (χ3v) is 5.35. The molecule has 2 N–H and O–H groups in total. The predicted octanol–water partition coefficient (Wildman–Crippen LogP) is 1.14. The summed E-state index contributed by atoms with van der Waals surface area (Å²) in [5.74, 6) is -0.0129. The lowest BCUT2D eigenvalue weighted by Crippen LogP contribution is -2.49. The minimum atomic E-state index is -0.812. The number of nitrogens with one attached hydrogen (secondary N) is 2. The molecule has 1 saturated heterocycles. The second-order valence-corrected chi connectivity index (χ2v) is 7.20. The smallest absolute Gasteiger partial charge is 0.325 e. The zero-order valence-corrected chi connectivity index (χ0v) is 15.4. The van der Waals surface area contributed by atoms with Gasteiger partial charge in [0.25, 0.3) is 5.91 Å². The van der Waals surface area contributed by atoms with Gasteiger partial charge >= 0.3 is 6.03 Å². The summed E-state index contributed by atoms with van der Waals surface area (Å²) in [6.45, 7) is -0.0535. The molecule has 0 aromatic carbocycles. The van der Waals surface area contributed by atoms with Crippen molar-refractivity contribution >= 4 is 17.8 Å². The molecule has 1 saturated carbocycles. The van der Waals surface area contributed by atoms with E-state index >= 15 is 0 Å². The van der Waals surface area contributed by atoms with Crippen LogP contribution >= 0.6 is 0 Å². The van der Waals surface area contributed by atoms with Crippen molar-refractivity contribution < 1.29 is 14.4 Å². The summed E-state index contributed by atoms with van der Waals surface area (Å²) in [6, 6.07) is 3.15. The van der Waals surface area contributed by atoms with Gasteiger partial charge in [-0.05, 0) is 18.9 Å². The Morgan fingerprint density at radius 2 is 2.04 bits per heavy atom. The lowest BCUT2D eigenvalue weighted by atomic mass is 9.82. The molecule has 2 fully saturated rings. The number of hydrogen-bond acceptors (Lipinski definition) is 5. The van der Waals surface area contributed by atoms with Crippen molar-refractivity contribution in [3.8, 4) is 5.82 Å². The summed E-state index contributed by atoms with van der Waals surface area (Å²) >= 11 is 0. The Kier molecular flexibility index (Phi) is 4.81. The van der Waals surface area contributed by atoms with Crippen LogP contribution in [0.5, 0.6) is 0 Å². The van der Waals surface area contributed by atoms with E-state index in [0.717, 1.165) is 29.7 Å². The highest BCUT2D eigenvalue weighted by Gasteiger charge is 2.51. The van der Waals surface area contributed by atoms with Gasteiger partial charge in [0.15, 0.2) is 0 Å². The molecule has 3 heterocycles. The zero-order chi connectivity index (χ0) is 19.6. The van der Waals surface area contributed by atoms with Gasteiger partial charge in [0, 0.05) is 30.7 Å². The molecule has 0 atom stereocenters. The second kappa shape index (κ2) is 7.41. The highest BCUT2D eigenvalue weighted by molar-refractivity contribution is 6.09. The molecule has 146 valence electrons. The molecule has 4 amide bonds. The Hall–Kier alpha value is -3.23. The zero-order valence-electron chi connectivity index (χ0n) is 15.4. The molecule has 9 heteroatoms. The average molecular weight is 382 g/mol. The fraction of sp³-hybridized carbons (Fsp3) is 0.421. The van der Waals surface area contributed by atoms with Crippen LogP contribution in [-0.2, 0) is 16.1 Å². The molecular weight excluding hydrogens is 360 g/mol. The molecule has 2 aromatic rings. The molecule has 4 rings (SSSR count). The molecule has 28 heavy (non-hydrogen) atoms. The van der Waals surface area contributed by atoms with E-state index < -0.39 is 17.5 Å². The summed E-state index contributed by atoms with van der Waals surface area (Å²) in [4.78, 5) is 46.8. The summed E-state index contributed by atoms with van der Waals surface area (Å²) in [5, 5.41) is 5.59. The van der Waals surface area contributed by atoms with Gasteiger partial charge in [-0.3, -0.25) is 19.1 Å². The molecule has 2 aliphatic rings. The molecule has 1 aliphatic heterocycles. The summed E-state index contributed by atoms with van der Waals surface area (Å²) in [6.07, 6.45) is 10.9. The van der Waals surface area contributed by atoms with Gasteiger partial charge in [-0.2, -0.15) is 0 Å². The van der Waals surface area contributed by atoms with Crippen molar-refractivity contribution in [3.05, 3.63) is 42.6 Å². The second-order valence-electron chi connectivity index (χ2n) is 7.20. The summed E-state index contributed by atoms with van der Waals surface area (Å²) < 4.78 is 1.76. The van der Waals surface area contributed by atoms with E-state index in [0.29, 0.717) is 18.7 Å². The maximum atomic E-state index is 12.8. The molecule has 1 aliphatic carbocycles. The van der Waals surface area contributed by atoms with E-state index in [9.17, 15) is 14.4 Å². The number of amides is 4. The van der Waals surface area contributed by atoms with Gasteiger partial charge in [0.05, 0.1) is 0 Å². The van der Waals surface area contributed by atoms with Crippen LogP contribution in [0.4, 0.5) is 4.79 Å². The Morgan fingerprint density at radius 1 is 1.21 bits per heavy atom. The van der Waals surface area contributed by atoms with Crippen LogP contribution in [0.25, 0.3) is 5.82 Å². The maximum absolute atomic E-state index is 12.8. The van der Waals surface area contributed by atoms with E-state index in [-0.39, 0.29) is 19.0 Å². The van der Waals surface area contributed by atoms with Gasteiger partial charge < -0.3 is 10.6 Å². The fourth-order valence-electron chi connectivity index (χ4n) is 3.89. The predicted molar refractivity (Wildman–Crippen MR) is 99.3 cm³/mol. The van der Waals surface area contributed by atoms with Crippen molar-refractivity contribution in [3.63, 3.8) is 0 Å². The Balaban J connectivity index is 1.39.